The van der Waals surface area contributed by atoms with E-state index in [-0.39, 0.29) is 6.61 Å². The van der Waals surface area contributed by atoms with E-state index in [2.05, 4.69) is 43.5 Å². The van der Waals surface area contributed by atoms with E-state index in [0.29, 0.717) is 6.42 Å². The van der Waals surface area contributed by atoms with Crippen LogP contribution in [-0.4, -0.2) is 46.1 Å². The fourth-order valence-corrected chi connectivity index (χ4v) is 6.86. The van der Waals surface area contributed by atoms with E-state index in [1.807, 2.05) is 6.08 Å². The van der Waals surface area contributed by atoms with Crippen molar-refractivity contribution in [1.82, 2.24) is 5.32 Å². The minimum atomic E-state index is -1.11. The van der Waals surface area contributed by atoms with Crippen LogP contribution in [0.2, 0.25) is 0 Å². The number of aliphatic hydroxyl groups excluding tert-OH is 3. The standard InChI is InChI=1S/C47H89NO4/c1-3-5-7-9-11-13-15-17-19-21-22-23-24-26-27-29-31-33-35-37-39-41-45(50)44(43-49)48-47(52)46(51)42-40-38-36-34-32-30-28-25-20-18-16-14-12-10-8-6-4-2/h24,26,31,33,39,41,44-46,49-51H,3-23,25,27-30,32,34-38,40,42-43H2,1-2H3,(H,48,52)/b26-24+,33-31+,41-39+. The van der Waals surface area contributed by atoms with Crippen molar-refractivity contribution in [1.29, 1.82) is 0 Å². The normalized spacial score (nSPS) is 13.9. The molecule has 3 atom stereocenters. The van der Waals surface area contributed by atoms with Crippen LogP contribution in [0.5, 0.6) is 0 Å². The summed E-state index contributed by atoms with van der Waals surface area (Å²) in [6.45, 7) is 4.17. The van der Waals surface area contributed by atoms with Gasteiger partial charge >= 0.3 is 0 Å². The van der Waals surface area contributed by atoms with E-state index in [1.165, 1.54) is 167 Å². The second kappa shape index (κ2) is 42.3. The molecule has 0 aromatic heterocycles. The van der Waals surface area contributed by atoms with Gasteiger partial charge < -0.3 is 20.6 Å². The van der Waals surface area contributed by atoms with Gasteiger partial charge in [-0.2, -0.15) is 0 Å². The summed E-state index contributed by atoms with van der Waals surface area (Å²) in [6.07, 6.45) is 53.2. The molecule has 52 heavy (non-hydrogen) atoms. The van der Waals surface area contributed by atoms with Gasteiger partial charge in [-0.1, -0.05) is 224 Å². The Morgan fingerprint density at radius 3 is 1.17 bits per heavy atom. The Morgan fingerprint density at radius 1 is 0.462 bits per heavy atom. The summed E-state index contributed by atoms with van der Waals surface area (Å²) in [4.78, 5) is 12.5. The Kier molecular flexibility index (Phi) is 41.1. The first-order chi connectivity index (χ1) is 25.6. The molecule has 0 aromatic rings. The maximum atomic E-state index is 12.5. The van der Waals surface area contributed by atoms with Gasteiger partial charge in [0.05, 0.1) is 18.8 Å². The highest BCUT2D eigenvalue weighted by Gasteiger charge is 2.22. The molecule has 0 heterocycles. The SMILES string of the molecule is CCCCCCCCCCCCC/C=C/CC/C=C/CC/C=C/C(O)C(CO)NC(=O)C(O)CCCCCCCCCCCCCCCCCCC. The molecule has 0 fully saturated rings. The first-order valence-corrected chi connectivity index (χ1v) is 22.8. The zero-order valence-electron chi connectivity index (χ0n) is 34.7. The third-order valence-electron chi connectivity index (χ3n) is 10.5. The van der Waals surface area contributed by atoms with E-state index < -0.39 is 24.2 Å². The molecule has 5 nitrogen and oxygen atoms in total. The van der Waals surface area contributed by atoms with Crippen LogP contribution in [0, 0.1) is 0 Å². The first-order valence-electron chi connectivity index (χ1n) is 22.8. The Hall–Kier alpha value is -1.43. The monoisotopic (exact) mass is 732 g/mol. The summed E-state index contributed by atoms with van der Waals surface area (Å²) in [5.74, 6) is -0.515. The predicted molar refractivity (Wildman–Crippen MR) is 227 cm³/mol. The van der Waals surface area contributed by atoms with Crippen LogP contribution in [0.25, 0.3) is 0 Å². The maximum Gasteiger partial charge on any atom is 0.249 e. The van der Waals surface area contributed by atoms with Gasteiger partial charge in [-0.25, -0.2) is 0 Å². The molecule has 0 aliphatic heterocycles. The lowest BCUT2D eigenvalue weighted by molar-refractivity contribution is -0.131. The molecule has 0 bridgehead atoms. The summed E-state index contributed by atoms with van der Waals surface area (Å²) in [5, 5.41) is 33.1. The highest BCUT2D eigenvalue weighted by Crippen LogP contribution is 2.15. The van der Waals surface area contributed by atoms with E-state index in [4.69, 9.17) is 0 Å². The smallest absolute Gasteiger partial charge is 0.249 e. The fourth-order valence-electron chi connectivity index (χ4n) is 6.86. The van der Waals surface area contributed by atoms with Gasteiger partial charge in [0, 0.05) is 0 Å². The highest BCUT2D eigenvalue weighted by atomic mass is 16.3. The molecule has 306 valence electrons. The predicted octanol–water partition coefficient (Wildman–Crippen LogP) is 13.2. The number of rotatable bonds is 41. The molecule has 1 amide bonds. The number of nitrogens with one attached hydrogen (secondary N) is 1. The number of hydrogen-bond donors (Lipinski definition) is 4. The van der Waals surface area contributed by atoms with Crippen molar-refractivity contribution < 1.29 is 20.1 Å². The van der Waals surface area contributed by atoms with Crippen LogP contribution >= 0.6 is 0 Å². The molecule has 3 unspecified atom stereocenters. The Labute approximate surface area is 324 Å². The van der Waals surface area contributed by atoms with Crippen molar-refractivity contribution in [2.24, 2.45) is 0 Å². The number of carbonyl (C=O) groups excluding carboxylic acids is 1. The summed E-state index contributed by atoms with van der Waals surface area (Å²) in [5.41, 5.74) is 0. The lowest BCUT2D eigenvalue weighted by Crippen LogP contribution is -2.48. The molecule has 0 aliphatic carbocycles. The van der Waals surface area contributed by atoms with Crippen molar-refractivity contribution in [2.75, 3.05) is 6.61 Å². The van der Waals surface area contributed by atoms with Crippen LogP contribution in [0.4, 0.5) is 0 Å². The molecule has 5 heteroatoms. The lowest BCUT2D eigenvalue weighted by Gasteiger charge is -2.21. The average molecular weight is 732 g/mol. The molecule has 0 rings (SSSR count). The van der Waals surface area contributed by atoms with Gasteiger partial charge in [-0.3, -0.25) is 4.79 Å². The fraction of sp³-hybridized carbons (Fsp3) is 0.851. The number of carbonyl (C=O) groups is 1. The van der Waals surface area contributed by atoms with Crippen molar-refractivity contribution >= 4 is 5.91 Å². The summed E-state index contributed by atoms with van der Waals surface area (Å²) in [6, 6.07) is -0.818. The Bertz CT molecular complexity index is 809. The van der Waals surface area contributed by atoms with Gasteiger partial charge in [0.1, 0.15) is 6.10 Å². The number of hydrogen-bond acceptors (Lipinski definition) is 4. The number of allylic oxidation sites excluding steroid dienone is 5. The van der Waals surface area contributed by atoms with Gasteiger partial charge in [0.15, 0.2) is 0 Å². The first kappa shape index (κ1) is 50.6. The second-order valence-corrected chi connectivity index (χ2v) is 15.6. The molecule has 0 saturated heterocycles. The highest BCUT2D eigenvalue weighted by molar-refractivity contribution is 5.80. The zero-order valence-corrected chi connectivity index (χ0v) is 34.7. The van der Waals surface area contributed by atoms with Gasteiger partial charge in [-0.05, 0) is 44.9 Å². The van der Waals surface area contributed by atoms with Crippen LogP contribution in [0.15, 0.2) is 36.5 Å². The molecule has 0 aromatic carbocycles. The second-order valence-electron chi connectivity index (χ2n) is 15.6. The van der Waals surface area contributed by atoms with Gasteiger partial charge in [0.25, 0.3) is 0 Å². The van der Waals surface area contributed by atoms with Crippen molar-refractivity contribution in [3.8, 4) is 0 Å². The van der Waals surface area contributed by atoms with Crippen molar-refractivity contribution in [3.63, 3.8) is 0 Å². The molecular weight excluding hydrogens is 643 g/mol. The molecule has 0 spiro atoms. The van der Waals surface area contributed by atoms with Crippen LogP contribution < -0.4 is 5.32 Å². The van der Waals surface area contributed by atoms with Crippen molar-refractivity contribution in [3.05, 3.63) is 36.5 Å². The van der Waals surface area contributed by atoms with Crippen LogP contribution in [-0.2, 0) is 4.79 Å². The number of unbranched alkanes of at least 4 members (excludes halogenated alkanes) is 29. The summed E-state index contributed by atoms with van der Waals surface area (Å²) in [7, 11) is 0. The quantitative estimate of drug-likeness (QED) is 0.0372. The van der Waals surface area contributed by atoms with Gasteiger partial charge in [-0.15, -0.1) is 0 Å². The molecular formula is C47H89NO4. The number of aliphatic hydroxyl groups is 3. The largest absolute Gasteiger partial charge is 0.394 e. The summed E-state index contributed by atoms with van der Waals surface area (Å²) < 4.78 is 0. The van der Waals surface area contributed by atoms with Crippen molar-refractivity contribution in [2.45, 2.75) is 250 Å². The molecule has 0 aliphatic rings. The van der Waals surface area contributed by atoms with Gasteiger partial charge in [0.2, 0.25) is 5.91 Å². The molecule has 0 saturated carbocycles. The lowest BCUT2D eigenvalue weighted by atomic mass is 10.0. The number of amides is 1. The molecule has 0 radical (unpaired) electrons. The van der Waals surface area contributed by atoms with Crippen LogP contribution in [0.3, 0.4) is 0 Å². The minimum absolute atomic E-state index is 0.379. The topological polar surface area (TPSA) is 89.8 Å². The zero-order chi connectivity index (χ0) is 38.0. The summed E-state index contributed by atoms with van der Waals surface area (Å²) >= 11 is 0. The minimum Gasteiger partial charge on any atom is -0.394 e. The average Bonchev–Trinajstić information content (AvgIpc) is 3.15. The Morgan fingerprint density at radius 2 is 0.788 bits per heavy atom. The van der Waals surface area contributed by atoms with E-state index in [9.17, 15) is 20.1 Å². The Balaban J connectivity index is 3.72. The van der Waals surface area contributed by atoms with E-state index >= 15 is 0 Å². The van der Waals surface area contributed by atoms with E-state index in [1.54, 1.807) is 6.08 Å². The third-order valence-corrected chi connectivity index (χ3v) is 10.5. The molecule has 4 N–H and O–H groups in total. The van der Waals surface area contributed by atoms with Crippen LogP contribution in [0.1, 0.15) is 232 Å². The third kappa shape index (κ3) is 36.9. The maximum absolute atomic E-state index is 12.5. The van der Waals surface area contributed by atoms with E-state index in [0.717, 1.165) is 44.9 Å².